The topological polar surface area (TPSA) is 63.7 Å². The minimum atomic E-state index is -0.592. The van der Waals surface area contributed by atoms with Crippen LogP contribution in [-0.4, -0.2) is 52.3 Å². The number of methoxy groups -OCH3 is 4. The van der Waals surface area contributed by atoms with E-state index in [1.165, 1.54) is 5.56 Å². The molecule has 35 heavy (non-hydrogen) atoms. The van der Waals surface area contributed by atoms with Crippen molar-refractivity contribution in [2.24, 2.45) is 5.92 Å². The molecule has 0 amide bonds. The van der Waals surface area contributed by atoms with Gasteiger partial charge in [0.25, 0.3) is 0 Å². The molecule has 190 valence electrons. The van der Waals surface area contributed by atoms with Crippen molar-refractivity contribution in [2.75, 3.05) is 35.5 Å². The van der Waals surface area contributed by atoms with Crippen LogP contribution in [0.25, 0.3) is 0 Å². The molecular formula is C28H37IN2O4. The van der Waals surface area contributed by atoms with Crippen LogP contribution in [0.15, 0.2) is 30.3 Å². The minimum Gasteiger partial charge on any atom is -1.00 e. The molecule has 0 bridgehead atoms. The van der Waals surface area contributed by atoms with Crippen LogP contribution in [0.2, 0.25) is 0 Å². The van der Waals surface area contributed by atoms with Gasteiger partial charge in [0.15, 0.2) is 35.3 Å². The molecule has 3 rings (SSSR count). The number of benzene rings is 2. The van der Waals surface area contributed by atoms with E-state index in [4.69, 9.17) is 18.9 Å². The van der Waals surface area contributed by atoms with E-state index in [1.807, 2.05) is 24.3 Å². The molecule has 1 aliphatic rings. The third-order valence-corrected chi connectivity index (χ3v) is 7.21. The normalized spacial score (nSPS) is 16.2. The lowest BCUT2D eigenvalue weighted by atomic mass is 9.69. The van der Waals surface area contributed by atoms with Gasteiger partial charge in [0.1, 0.15) is 7.05 Å². The second kappa shape index (κ2) is 12.5. The number of nitriles is 1. The van der Waals surface area contributed by atoms with Crippen LogP contribution in [0.4, 0.5) is 0 Å². The summed E-state index contributed by atoms with van der Waals surface area (Å²) in [6.45, 7) is 4.24. The van der Waals surface area contributed by atoms with Gasteiger partial charge >= 0.3 is 0 Å². The van der Waals surface area contributed by atoms with Crippen LogP contribution in [0.5, 0.6) is 23.0 Å². The maximum absolute atomic E-state index is 10.4. The van der Waals surface area contributed by atoms with Gasteiger partial charge in [-0.25, -0.2) is 4.58 Å². The van der Waals surface area contributed by atoms with E-state index in [0.717, 1.165) is 48.3 Å². The highest BCUT2D eigenvalue weighted by atomic mass is 127. The third kappa shape index (κ3) is 5.85. The van der Waals surface area contributed by atoms with Crippen molar-refractivity contribution in [1.29, 1.82) is 5.26 Å². The van der Waals surface area contributed by atoms with E-state index in [0.29, 0.717) is 17.5 Å². The Morgan fingerprint density at radius 1 is 0.971 bits per heavy atom. The molecule has 0 saturated carbocycles. The maximum atomic E-state index is 10.4. The van der Waals surface area contributed by atoms with Crippen molar-refractivity contribution in [3.05, 3.63) is 47.0 Å². The van der Waals surface area contributed by atoms with E-state index in [9.17, 15) is 5.26 Å². The van der Waals surface area contributed by atoms with Gasteiger partial charge in [-0.15, -0.1) is 0 Å². The molecule has 2 atom stereocenters. The standard InChI is InChI=1S/C28H37N2O4.HI/c1-19(2)28(18-29,22-10-11-24(31-4)27(16-22)34-7)12-8-9-23-13-20-14-25(32-5)26(33-6)15-21(20)17-30(23)3;/h10-11,14-17,19,23H,8-9,12-13H2,1-7H3;1H/q+1;/p-1. The Hall–Kier alpha value is -2.47. The predicted octanol–water partition coefficient (Wildman–Crippen LogP) is 2.00. The number of halogens is 1. The number of nitrogens with zero attached hydrogens (tertiary/aromatic N) is 2. The molecule has 6 nitrogen and oxygen atoms in total. The summed E-state index contributed by atoms with van der Waals surface area (Å²) in [7, 11) is 8.71. The van der Waals surface area contributed by atoms with E-state index < -0.39 is 5.41 Å². The molecule has 0 aromatic heterocycles. The molecule has 2 aromatic rings. The SMILES string of the molecule is COc1ccc(C(C#N)(CCCC2Cc3cc(OC)c(OC)cc3C=[N+]2C)C(C)C)cc1OC.[I-]. The average Bonchev–Trinajstić information content (AvgIpc) is 2.85. The quantitative estimate of drug-likeness (QED) is 0.312. The van der Waals surface area contributed by atoms with Gasteiger partial charge < -0.3 is 42.9 Å². The highest BCUT2D eigenvalue weighted by molar-refractivity contribution is 5.80. The summed E-state index contributed by atoms with van der Waals surface area (Å²) in [4.78, 5) is 0. The minimum absolute atomic E-state index is 0. The average molecular weight is 593 g/mol. The Labute approximate surface area is 226 Å². The summed E-state index contributed by atoms with van der Waals surface area (Å²) >= 11 is 0. The zero-order valence-corrected chi connectivity index (χ0v) is 24.0. The summed E-state index contributed by atoms with van der Waals surface area (Å²) in [5, 5.41) is 10.4. The number of ether oxygens (including phenoxy) is 4. The molecule has 1 heterocycles. The number of rotatable bonds is 10. The number of fused-ring (bicyclic) bond motifs is 1. The van der Waals surface area contributed by atoms with Crippen molar-refractivity contribution in [3.8, 4) is 29.1 Å². The number of hydrogen-bond donors (Lipinski definition) is 0. The monoisotopic (exact) mass is 592 g/mol. The van der Waals surface area contributed by atoms with Crippen LogP contribution in [0.1, 0.15) is 49.8 Å². The fourth-order valence-electron chi connectivity index (χ4n) is 5.01. The zero-order chi connectivity index (χ0) is 24.9. The Kier molecular flexibility index (Phi) is 10.3. The lowest BCUT2D eigenvalue weighted by Gasteiger charge is -2.32. The van der Waals surface area contributed by atoms with E-state index in [1.54, 1.807) is 28.4 Å². The van der Waals surface area contributed by atoms with Crippen LogP contribution in [0, 0.1) is 17.2 Å². The molecule has 1 aliphatic heterocycles. The fourth-order valence-corrected chi connectivity index (χ4v) is 5.01. The molecular weight excluding hydrogens is 555 g/mol. The van der Waals surface area contributed by atoms with Crippen molar-refractivity contribution >= 4 is 6.21 Å². The Balaban J connectivity index is 0.00000432. The predicted molar refractivity (Wildman–Crippen MR) is 134 cm³/mol. The fraction of sp³-hybridized carbons (Fsp3) is 0.500. The van der Waals surface area contributed by atoms with Crippen molar-refractivity contribution in [1.82, 2.24) is 0 Å². The van der Waals surface area contributed by atoms with Gasteiger partial charge in [0.05, 0.1) is 39.9 Å². The van der Waals surface area contributed by atoms with Gasteiger partial charge in [0.2, 0.25) is 0 Å². The second-order valence-electron chi connectivity index (χ2n) is 9.26. The highest BCUT2D eigenvalue weighted by Gasteiger charge is 2.37. The first kappa shape index (κ1) is 28.8. The van der Waals surface area contributed by atoms with Gasteiger partial charge in [0, 0.05) is 18.4 Å². The van der Waals surface area contributed by atoms with Crippen LogP contribution in [0.3, 0.4) is 0 Å². The van der Waals surface area contributed by atoms with Crippen LogP contribution in [-0.2, 0) is 11.8 Å². The molecule has 0 N–H and O–H groups in total. The third-order valence-electron chi connectivity index (χ3n) is 7.21. The highest BCUT2D eigenvalue weighted by Crippen LogP contribution is 2.41. The molecule has 0 spiro atoms. The Morgan fingerprint density at radius 2 is 1.57 bits per heavy atom. The van der Waals surface area contributed by atoms with E-state index in [-0.39, 0.29) is 29.9 Å². The first-order chi connectivity index (χ1) is 16.3. The lowest BCUT2D eigenvalue weighted by Crippen LogP contribution is -3.00. The number of hydrogen-bond acceptors (Lipinski definition) is 5. The lowest BCUT2D eigenvalue weighted by molar-refractivity contribution is -0.536. The number of likely N-dealkylation sites (N-methyl/N-ethyl adjacent to an activating group) is 1. The smallest absolute Gasteiger partial charge is 0.171 e. The van der Waals surface area contributed by atoms with Crippen molar-refractivity contribution < 1.29 is 47.5 Å². The molecule has 2 unspecified atom stereocenters. The van der Waals surface area contributed by atoms with Crippen LogP contribution < -0.4 is 42.9 Å². The van der Waals surface area contributed by atoms with Crippen LogP contribution >= 0.6 is 0 Å². The molecule has 7 heteroatoms. The summed E-state index contributed by atoms with van der Waals surface area (Å²) in [6.07, 6.45) is 5.82. The van der Waals surface area contributed by atoms with Crippen molar-refractivity contribution in [3.63, 3.8) is 0 Å². The van der Waals surface area contributed by atoms with Gasteiger partial charge in [-0.2, -0.15) is 5.26 Å². The molecule has 0 radical (unpaired) electrons. The first-order valence-corrected chi connectivity index (χ1v) is 11.8. The van der Waals surface area contributed by atoms with E-state index >= 15 is 0 Å². The summed E-state index contributed by atoms with van der Waals surface area (Å²) < 4.78 is 24.2. The van der Waals surface area contributed by atoms with Gasteiger partial charge in [-0.05, 0) is 54.2 Å². The summed E-state index contributed by atoms with van der Waals surface area (Å²) in [5.74, 6) is 2.99. The molecule has 0 aliphatic carbocycles. The molecule has 0 saturated heterocycles. The largest absolute Gasteiger partial charge is 1.00 e. The van der Waals surface area contributed by atoms with Gasteiger partial charge in [-0.1, -0.05) is 19.9 Å². The van der Waals surface area contributed by atoms with Gasteiger partial charge in [-0.3, -0.25) is 0 Å². The Bertz CT molecular complexity index is 1090. The van der Waals surface area contributed by atoms with E-state index in [2.05, 4.69) is 43.8 Å². The molecule has 2 aromatic carbocycles. The molecule has 0 fully saturated rings. The summed E-state index contributed by atoms with van der Waals surface area (Å²) in [5.41, 5.74) is 2.81. The Morgan fingerprint density at radius 3 is 2.14 bits per heavy atom. The maximum Gasteiger partial charge on any atom is 0.171 e. The first-order valence-electron chi connectivity index (χ1n) is 11.8. The summed E-state index contributed by atoms with van der Waals surface area (Å²) in [6, 6.07) is 13.0. The second-order valence-corrected chi connectivity index (χ2v) is 9.26. The zero-order valence-electron chi connectivity index (χ0n) is 21.9. The van der Waals surface area contributed by atoms with Crippen molar-refractivity contribution in [2.45, 2.75) is 51.0 Å².